The maximum atomic E-state index is 14.6. The number of hydrogen-bond donors (Lipinski definition) is 2. The van der Waals surface area contributed by atoms with Gasteiger partial charge in [0.15, 0.2) is 0 Å². The van der Waals surface area contributed by atoms with E-state index in [9.17, 15) is 31.2 Å². The molecule has 0 aliphatic carbocycles. The molecule has 2 N–H and O–H groups in total. The van der Waals surface area contributed by atoms with Crippen molar-refractivity contribution in [3.8, 4) is 23.7 Å². The molecular formula is C29H30F4N4O3S. The minimum absolute atomic E-state index is 0.00840. The normalized spacial score (nSPS) is 15.6. The zero-order valence-corrected chi connectivity index (χ0v) is 23.6. The molecule has 1 saturated heterocycles. The number of benzene rings is 2. The van der Waals surface area contributed by atoms with Crippen LogP contribution in [0.2, 0.25) is 0 Å². The van der Waals surface area contributed by atoms with Crippen LogP contribution in [-0.4, -0.2) is 50.4 Å². The molecule has 0 saturated carbocycles. The van der Waals surface area contributed by atoms with E-state index >= 15 is 0 Å². The molecule has 0 atom stereocenters. The number of nitrogens with zero attached hydrogens (tertiary/aromatic N) is 2. The Hall–Kier alpha value is -3.90. The molecule has 0 amide bonds. The number of ether oxygens (including phenoxy) is 1. The summed E-state index contributed by atoms with van der Waals surface area (Å²) in [5.41, 5.74) is 1.01. The van der Waals surface area contributed by atoms with Gasteiger partial charge in [0.05, 0.1) is 53.5 Å². The van der Waals surface area contributed by atoms with Crippen LogP contribution < -0.4 is 15.4 Å². The number of hydrogen-bond acceptors (Lipinski definition) is 6. The fraction of sp³-hybridized carbons (Fsp3) is 0.414. The molecule has 2 heterocycles. The molecule has 7 nitrogen and oxygen atoms in total. The summed E-state index contributed by atoms with van der Waals surface area (Å²) in [6.45, 7) is 2.28. The van der Waals surface area contributed by atoms with Gasteiger partial charge in [0, 0.05) is 17.1 Å². The van der Waals surface area contributed by atoms with Crippen molar-refractivity contribution >= 4 is 32.1 Å². The van der Waals surface area contributed by atoms with Crippen LogP contribution in [0.5, 0.6) is 5.75 Å². The summed E-state index contributed by atoms with van der Waals surface area (Å²) in [5, 5.41) is 16.0. The third-order valence-corrected chi connectivity index (χ3v) is 8.74. The van der Waals surface area contributed by atoms with Gasteiger partial charge in [-0.15, -0.1) is 0 Å². The molecule has 0 bridgehead atoms. The molecule has 1 aromatic heterocycles. The van der Waals surface area contributed by atoms with E-state index in [0.29, 0.717) is 29.7 Å². The van der Waals surface area contributed by atoms with E-state index in [-0.39, 0.29) is 41.0 Å². The zero-order valence-electron chi connectivity index (χ0n) is 22.8. The average Bonchev–Trinajstić information content (AvgIpc) is 3.23. The number of fused-ring (bicyclic) bond motifs is 1. The van der Waals surface area contributed by atoms with Crippen LogP contribution >= 0.6 is 0 Å². The molecule has 218 valence electrons. The first-order valence-corrected chi connectivity index (χ1v) is 14.7. The van der Waals surface area contributed by atoms with Crippen molar-refractivity contribution in [3.63, 3.8) is 0 Å². The standard InChI is InChI=1S/C29H30F4N4O3S/c1-28(2,17-34)19-6-7-24(27(13-19)40-3)35-10-4-5-22-16-23-25(36-21-8-11-41(38,39)12-9-21)14-20(30)15-26(23)37(22)18-29(31,32)33/h6-7,13-16,21,35-36H,8-12,18H2,1-3H3. The summed E-state index contributed by atoms with van der Waals surface area (Å²) in [6.07, 6.45) is -3.94. The number of anilines is 2. The Morgan fingerprint density at radius 2 is 1.80 bits per heavy atom. The number of sulfone groups is 1. The maximum absolute atomic E-state index is 14.6. The monoisotopic (exact) mass is 590 g/mol. The molecule has 1 fully saturated rings. The average molecular weight is 591 g/mol. The second kappa shape index (κ2) is 11.5. The topological polar surface area (TPSA) is 96.2 Å². The first kappa shape index (κ1) is 30.1. The fourth-order valence-corrected chi connectivity index (χ4v) is 6.21. The second-order valence-corrected chi connectivity index (χ2v) is 12.8. The molecule has 2 aromatic carbocycles. The predicted octanol–water partition coefficient (Wildman–Crippen LogP) is 5.61. The van der Waals surface area contributed by atoms with Crippen LogP contribution in [0.4, 0.5) is 28.9 Å². The van der Waals surface area contributed by atoms with Gasteiger partial charge in [-0.25, -0.2) is 12.8 Å². The molecule has 41 heavy (non-hydrogen) atoms. The van der Waals surface area contributed by atoms with Gasteiger partial charge < -0.3 is 19.9 Å². The minimum atomic E-state index is -4.58. The number of methoxy groups -OCH3 is 1. The summed E-state index contributed by atoms with van der Waals surface area (Å²) in [7, 11) is -1.63. The lowest BCUT2D eigenvalue weighted by molar-refractivity contribution is -0.140. The van der Waals surface area contributed by atoms with Crippen molar-refractivity contribution in [3.05, 3.63) is 53.5 Å². The van der Waals surface area contributed by atoms with E-state index in [4.69, 9.17) is 4.74 Å². The SMILES string of the molecule is COc1cc(C(C)(C)C#N)ccc1NCC#Cc1cc2c(NC3CCS(=O)(=O)CC3)cc(F)cc2n1CC(F)(F)F. The van der Waals surface area contributed by atoms with Crippen molar-refractivity contribution < 1.29 is 30.7 Å². The molecule has 1 aliphatic rings. The Balaban J connectivity index is 1.62. The Labute approximate surface area is 236 Å². The number of rotatable bonds is 7. The van der Waals surface area contributed by atoms with Crippen molar-refractivity contribution in [1.29, 1.82) is 5.26 Å². The zero-order chi connectivity index (χ0) is 30.0. The number of nitriles is 1. The largest absolute Gasteiger partial charge is 0.495 e. The molecule has 0 spiro atoms. The first-order valence-electron chi connectivity index (χ1n) is 12.9. The van der Waals surface area contributed by atoms with Gasteiger partial charge in [0.2, 0.25) is 0 Å². The van der Waals surface area contributed by atoms with Crippen LogP contribution in [0, 0.1) is 29.0 Å². The second-order valence-electron chi connectivity index (χ2n) is 10.5. The summed E-state index contributed by atoms with van der Waals surface area (Å²) in [4.78, 5) is 0. The van der Waals surface area contributed by atoms with Crippen molar-refractivity contribution in [2.24, 2.45) is 0 Å². The van der Waals surface area contributed by atoms with Crippen LogP contribution in [0.3, 0.4) is 0 Å². The number of alkyl halides is 3. The molecule has 4 rings (SSSR count). The first-order chi connectivity index (χ1) is 19.2. The van der Waals surface area contributed by atoms with Crippen LogP contribution in [0.1, 0.15) is 37.9 Å². The number of halogens is 4. The number of nitrogens with one attached hydrogen (secondary N) is 2. The highest BCUT2D eigenvalue weighted by Crippen LogP contribution is 2.33. The molecule has 1 aliphatic heterocycles. The summed E-state index contributed by atoms with van der Waals surface area (Å²) >= 11 is 0. The summed E-state index contributed by atoms with van der Waals surface area (Å²) in [6, 6.07) is 11.0. The summed E-state index contributed by atoms with van der Waals surface area (Å²) < 4.78 is 85.1. The lowest BCUT2D eigenvalue weighted by atomic mass is 9.86. The fourth-order valence-electron chi connectivity index (χ4n) is 4.71. The van der Waals surface area contributed by atoms with E-state index < -0.39 is 33.8 Å². The van der Waals surface area contributed by atoms with Crippen molar-refractivity contribution in [2.45, 2.75) is 50.9 Å². The Bertz CT molecular complexity index is 1650. The van der Waals surface area contributed by atoms with Crippen LogP contribution in [0.25, 0.3) is 10.9 Å². The highest BCUT2D eigenvalue weighted by molar-refractivity contribution is 7.91. The van der Waals surface area contributed by atoms with Crippen LogP contribution in [-0.2, 0) is 21.8 Å². The van der Waals surface area contributed by atoms with E-state index in [0.717, 1.165) is 16.2 Å². The van der Waals surface area contributed by atoms with Gasteiger partial charge in [-0.3, -0.25) is 0 Å². The van der Waals surface area contributed by atoms with E-state index in [1.807, 2.05) is 0 Å². The lowest BCUT2D eigenvalue weighted by Gasteiger charge is -2.24. The molecule has 0 radical (unpaired) electrons. The van der Waals surface area contributed by atoms with E-state index in [2.05, 4.69) is 28.5 Å². The maximum Gasteiger partial charge on any atom is 0.406 e. The predicted molar refractivity (Wildman–Crippen MR) is 150 cm³/mol. The Morgan fingerprint density at radius 1 is 1.10 bits per heavy atom. The Morgan fingerprint density at radius 3 is 2.44 bits per heavy atom. The third-order valence-electron chi connectivity index (χ3n) is 7.02. The van der Waals surface area contributed by atoms with Crippen molar-refractivity contribution in [1.82, 2.24) is 4.57 Å². The smallest absolute Gasteiger partial charge is 0.406 e. The lowest BCUT2D eigenvalue weighted by Crippen LogP contribution is -2.32. The van der Waals surface area contributed by atoms with Crippen molar-refractivity contribution in [2.75, 3.05) is 35.8 Å². The Kier molecular flexibility index (Phi) is 8.46. The molecule has 0 unspecified atom stereocenters. The highest BCUT2D eigenvalue weighted by Gasteiger charge is 2.31. The third kappa shape index (κ3) is 7.25. The molecular weight excluding hydrogens is 560 g/mol. The van der Waals surface area contributed by atoms with Gasteiger partial charge >= 0.3 is 6.18 Å². The molecule has 3 aromatic rings. The van der Waals surface area contributed by atoms with Gasteiger partial charge in [-0.2, -0.15) is 18.4 Å². The quantitative estimate of drug-likeness (QED) is 0.275. The van der Waals surface area contributed by atoms with Gasteiger partial charge in [0.1, 0.15) is 27.9 Å². The minimum Gasteiger partial charge on any atom is -0.495 e. The van der Waals surface area contributed by atoms with E-state index in [1.54, 1.807) is 32.0 Å². The highest BCUT2D eigenvalue weighted by atomic mass is 32.2. The van der Waals surface area contributed by atoms with E-state index in [1.165, 1.54) is 19.2 Å². The summed E-state index contributed by atoms with van der Waals surface area (Å²) in [5.74, 6) is 5.36. The number of aromatic nitrogens is 1. The van der Waals surface area contributed by atoms with Gasteiger partial charge in [-0.1, -0.05) is 12.0 Å². The van der Waals surface area contributed by atoms with Gasteiger partial charge in [-0.05, 0) is 68.5 Å². The van der Waals surface area contributed by atoms with Crippen LogP contribution in [0.15, 0.2) is 36.4 Å². The molecule has 12 heteroatoms. The van der Waals surface area contributed by atoms with Gasteiger partial charge in [0.25, 0.3) is 0 Å².